The number of fused-ring (bicyclic) bond motifs is 1. The van der Waals surface area contributed by atoms with Gasteiger partial charge in [0.05, 0.1) is 12.6 Å². The molecule has 0 saturated carbocycles. The molecule has 0 bridgehead atoms. The zero-order valence-electron chi connectivity index (χ0n) is 13.0. The number of benzene rings is 1. The highest BCUT2D eigenvalue weighted by Gasteiger charge is 2.35. The van der Waals surface area contributed by atoms with Crippen LogP contribution >= 0.6 is 11.8 Å². The third-order valence-corrected chi connectivity index (χ3v) is 4.57. The van der Waals surface area contributed by atoms with Crippen molar-refractivity contribution in [2.24, 2.45) is 7.05 Å². The molecule has 0 unspecified atom stereocenters. The first-order valence-corrected chi connectivity index (χ1v) is 8.22. The summed E-state index contributed by atoms with van der Waals surface area (Å²) in [6, 6.07) is 8.50. The Bertz CT molecular complexity index is 905. The summed E-state index contributed by atoms with van der Waals surface area (Å²) in [5.74, 6) is 1.36. The van der Waals surface area contributed by atoms with Crippen molar-refractivity contribution in [3.63, 3.8) is 0 Å². The highest BCUT2D eigenvalue weighted by Crippen LogP contribution is 2.33. The van der Waals surface area contributed by atoms with E-state index in [1.54, 1.807) is 23.4 Å². The Balaban J connectivity index is 2.25. The van der Waals surface area contributed by atoms with Crippen LogP contribution in [0.15, 0.2) is 41.4 Å². The summed E-state index contributed by atoms with van der Waals surface area (Å²) in [5.41, 5.74) is 0.158. The van der Waals surface area contributed by atoms with Crippen LogP contribution in [-0.4, -0.2) is 20.5 Å². The van der Waals surface area contributed by atoms with E-state index >= 15 is 0 Å². The van der Waals surface area contributed by atoms with Crippen LogP contribution in [0.2, 0.25) is 0 Å². The molecule has 4 nitrogen and oxygen atoms in total. The summed E-state index contributed by atoms with van der Waals surface area (Å²) >= 11 is 1.62. The number of imidazole rings is 1. The molecule has 0 saturated heterocycles. The molecule has 24 heavy (non-hydrogen) atoms. The lowest BCUT2D eigenvalue weighted by molar-refractivity contribution is -0.886. The average molecular weight is 354 g/mol. The smallest absolute Gasteiger partial charge is 0.350 e. The normalized spacial score (nSPS) is 12.0. The molecule has 3 rings (SSSR count). The van der Waals surface area contributed by atoms with E-state index in [1.807, 2.05) is 31.2 Å². The van der Waals surface area contributed by atoms with Crippen molar-refractivity contribution in [2.75, 3.05) is 5.75 Å². The number of aryl methyl sites for hydroxylation is 1. The van der Waals surface area contributed by atoms with Gasteiger partial charge in [-0.05, 0) is 28.7 Å². The fraction of sp³-hybridized carbons (Fsp3) is 0.250. The molecule has 0 radical (unpaired) electrons. The first kappa shape index (κ1) is 16.6. The molecule has 0 aliphatic rings. The van der Waals surface area contributed by atoms with E-state index in [0.717, 1.165) is 22.3 Å². The molecule has 0 spiro atoms. The van der Waals surface area contributed by atoms with Crippen LogP contribution < -0.4 is 4.73 Å². The predicted molar refractivity (Wildman–Crippen MR) is 84.9 cm³/mol. The van der Waals surface area contributed by atoms with Gasteiger partial charge >= 0.3 is 11.8 Å². The second kappa shape index (κ2) is 6.01. The maximum Gasteiger partial charge on any atom is 0.420 e. The molecule has 3 aromatic rings. The molecule has 0 fully saturated rings. The molecule has 2 heterocycles. The Morgan fingerprint density at radius 3 is 2.67 bits per heavy atom. The zero-order chi connectivity index (χ0) is 17.5. The van der Waals surface area contributed by atoms with Crippen LogP contribution in [0.3, 0.4) is 0 Å². The maximum atomic E-state index is 12.9. The summed E-state index contributed by atoms with van der Waals surface area (Å²) in [4.78, 5) is 5.31. The van der Waals surface area contributed by atoms with E-state index in [9.17, 15) is 18.4 Å². The summed E-state index contributed by atoms with van der Waals surface area (Å²) in [5, 5.41) is 9.98. The van der Waals surface area contributed by atoms with Crippen molar-refractivity contribution in [2.45, 2.75) is 18.0 Å². The topological polar surface area (TPSA) is 41.9 Å². The number of aromatic nitrogens is 3. The van der Waals surface area contributed by atoms with Gasteiger partial charge in [-0.3, -0.25) is 0 Å². The number of pyridine rings is 1. The first-order valence-electron chi connectivity index (χ1n) is 7.23. The number of rotatable bonds is 3. The van der Waals surface area contributed by atoms with E-state index < -0.39 is 11.7 Å². The molecule has 1 N–H and O–H groups in total. The Hall–Kier alpha value is -2.22. The van der Waals surface area contributed by atoms with E-state index in [-0.39, 0.29) is 11.2 Å². The highest BCUT2D eigenvalue weighted by molar-refractivity contribution is 7.99. The van der Waals surface area contributed by atoms with Gasteiger partial charge in [-0.2, -0.15) is 13.2 Å². The van der Waals surface area contributed by atoms with Crippen molar-refractivity contribution in [3.8, 4) is 11.4 Å². The van der Waals surface area contributed by atoms with Gasteiger partial charge in [0.2, 0.25) is 5.82 Å². The molecular formula is C16H15F3N3OS+. The van der Waals surface area contributed by atoms with Crippen LogP contribution in [0.5, 0.6) is 0 Å². The van der Waals surface area contributed by atoms with Gasteiger partial charge in [-0.25, -0.2) is 9.55 Å². The van der Waals surface area contributed by atoms with E-state index in [0.29, 0.717) is 16.8 Å². The minimum atomic E-state index is -4.55. The van der Waals surface area contributed by atoms with Crippen molar-refractivity contribution in [1.29, 1.82) is 0 Å². The SMILES string of the molecule is CCSc1ccccc1-c1nc2cc(C(F)(F)F)c[n+](O)c2n1C. The van der Waals surface area contributed by atoms with Crippen LogP contribution in [0.1, 0.15) is 12.5 Å². The van der Waals surface area contributed by atoms with Crippen molar-refractivity contribution < 1.29 is 23.1 Å². The largest absolute Gasteiger partial charge is 0.420 e. The first-order chi connectivity index (χ1) is 11.3. The number of alkyl halides is 3. The second-order valence-electron chi connectivity index (χ2n) is 5.20. The summed E-state index contributed by atoms with van der Waals surface area (Å²) < 4.78 is 40.8. The monoisotopic (exact) mass is 354 g/mol. The summed E-state index contributed by atoms with van der Waals surface area (Å²) in [7, 11) is 1.66. The van der Waals surface area contributed by atoms with Gasteiger partial charge in [-0.1, -0.05) is 19.1 Å². The Kier molecular flexibility index (Phi) is 4.16. The predicted octanol–water partition coefficient (Wildman–Crippen LogP) is 3.90. The lowest BCUT2D eigenvalue weighted by Gasteiger charge is -2.05. The standard InChI is InChI=1S/C16H15F3N3OS/c1-3-24-13-7-5-4-6-11(13)14-20-12-8-10(16(17,18)19)9-22(23)15(12)21(14)2/h4-9,23H,3H2,1-2H3/q+1. The lowest BCUT2D eigenvalue weighted by atomic mass is 10.2. The number of hydrogen-bond acceptors (Lipinski definition) is 3. The van der Waals surface area contributed by atoms with Crippen molar-refractivity contribution in [3.05, 3.63) is 42.1 Å². The fourth-order valence-electron chi connectivity index (χ4n) is 2.59. The van der Waals surface area contributed by atoms with Gasteiger partial charge in [-0.15, -0.1) is 11.8 Å². The van der Waals surface area contributed by atoms with E-state index in [1.165, 1.54) is 0 Å². The summed E-state index contributed by atoms with van der Waals surface area (Å²) in [6.45, 7) is 2.02. The number of thioether (sulfide) groups is 1. The molecule has 0 amide bonds. The Morgan fingerprint density at radius 1 is 1.29 bits per heavy atom. The van der Waals surface area contributed by atoms with Gasteiger partial charge in [0.15, 0.2) is 5.52 Å². The van der Waals surface area contributed by atoms with Crippen LogP contribution in [-0.2, 0) is 13.2 Å². The second-order valence-corrected chi connectivity index (χ2v) is 6.51. The third kappa shape index (κ3) is 2.82. The van der Waals surface area contributed by atoms with E-state index in [2.05, 4.69) is 4.98 Å². The van der Waals surface area contributed by atoms with E-state index in [4.69, 9.17) is 0 Å². The average Bonchev–Trinajstić information content (AvgIpc) is 2.85. The third-order valence-electron chi connectivity index (χ3n) is 3.62. The van der Waals surface area contributed by atoms with Crippen LogP contribution in [0, 0.1) is 0 Å². The van der Waals surface area contributed by atoms with Crippen molar-refractivity contribution >= 4 is 22.9 Å². The quantitative estimate of drug-likeness (QED) is 0.441. The van der Waals surface area contributed by atoms with Gasteiger partial charge in [0.1, 0.15) is 11.8 Å². The van der Waals surface area contributed by atoms with Crippen molar-refractivity contribution in [1.82, 2.24) is 9.55 Å². The van der Waals surface area contributed by atoms with Gasteiger partial charge < -0.3 is 5.21 Å². The van der Waals surface area contributed by atoms with Gasteiger partial charge in [0.25, 0.3) is 0 Å². The molecule has 2 aromatic heterocycles. The number of hydrogen-bond donors (Lipinski definition) is 1. The van der Waals surface area contributed by atoms with Crippen LogP contribution in [0.25, 0.3) is 22.6 Å². The molecule has 0 aliphatic heterocycles. The Morgan fingerprint density at radius 2 is 2.00 bits per heavy atom. The number of halogens is 3. The Labute approximate surface area is 140 Å². The molecular weight excluding hydrogens is 339 g/mol. The minimum absolute atomic E-state index is 0.0844. The summed E-state index contributed by atoms with van der Waals surface area (Å²) in [6.07, 6.45) is -3.90. The van der Waals surface area contributed by atoms with Gasteiger partial charge in [0, 0.05) is 4.90 Å². The molecule has 8 heteroatoms. The highest BCUT2D eigenvalue weighted by atomic mass is 32.2. The fourth-order valence-corrected chi connectivity index (χ4v) is 3.39. The maximum absolute atomic E-state index is 12.9. The molecule has 0 aliphatic carbocycles. The zero-order valence-corrected chi connectivity index (χ0v) is 13.8. The molecule has 126 valence electrons. The minimum Gasteiger partial charge on any atom is -0.350 e. The lowest BCUT2D eigenvalue weighted by Crippen LogP contribution is -2.34. The van der Waals surface area contributed by atoms with Crippen LogP contribution in [0.4, 0.5) is 13.2 Å². The number of nitrogens with zero attached hydrogens (tertiary/aromatic N) is 3. The molecule has 1 aromatic carbocycles. The molecule has 0 atom stereocenters.